The fraction of sp³-hybridized carbons (Fsp3) is 0.481. The molecule has 22 nitrogen and oxygen atoms in total. The number of ether oxygens (including phenoxy) is 3. The minimum Gasteiger partial charge on any atom is -0.476 e. The van der Waals surface area contributed by atoms with Crippen molar-refractivity contribution in [1.29, 1.82) is 0 Å². The van der Waals surface area contributed by atoms with Crippen LogP contribution in [-0.2, 0) is 47.1 Å². The molecule has 12 rings (SSSR count). The lowest BCUT2D eigenvalue weighted by Crippen LogP contribution is -2.24. The highest BCUT2D eigenvalue weighted by atomic mass is 16.5. The Labute approximate surface area is 439 Å². The van der Waals surface area contributed by atoms with E-state index in [-0.39, 0.29) is 36.9 Å². The topological polar surface area (TPSA) is 259 Å². The molecule has 3 aliphatic heterocycles. The molecule has 6 aromatic heterocycles. The monoisotopic (exact) mass is 1040 g/mol. The van der Waals surface area contributed by atoms with Crippen molar-refractivity contribution in [3.63, 3.8) is 0 Å². The molecule has 6 unspecified atom stereocenters. The normalized spacial score (nSPS) is 21.1. The number of aliphatic hydroxyl groups excluding tert-OH is 2. The summed E-state index contributed by atoms with van der Waals surface area (Å²) in [5.41, 5.74) is 4.66. The van der Waals surface area contributed by atoms with Gasteiger partial charge in [0.25, 0.3) is 0 Å². The van der Waals surface area contributed by atoms with Gasteiger partial charge in [-0.1, -0.05) is 18.2 Å². The van der Waals surface area contributed by atoms with Crippen molar-refractivity contribution in [2.75, 3.05) is 73.8 Å². The Balaban J connectivity index is 0.000000130. The van der Waals surface area contributed by atoms with Crippen LogP contribution in [0.2, 0.25) is 0 Å². The van der Waals surface area contributed by atoms with Gasteiger partial charge in [0.1, 0.15) is 17.5 Å². The van der Waals surface area contributed by atoms with Gasteiger partial charge in [0.2, 0.25) is 0 Å². The number of pyridine rings is 3. The Morgan fingerprint density at radius 3 is 1.20 bits per heavy atom. The number of carbonyl (C=O) groups is 4. The molecule has 6 aromatic rings. The molecule has 22 heteroatoms. The number of anilines is 3. The predicted molar refractivity (Wildman–Crippen MR) is 275 cm³/mol. The fourth-order valence-corrected chi connectivity index (χ4v) is 10.5. The van der Waals surface area contributed by atoms with Crippen molar-refractivity contribution >= 4 is 41.3 Å². The molecule has 6 aliphatic rings. The number of rotatable bonds is 18. The van der Waals surface area contributed by atoms with Gasteiger partial charge in [-0.25, -0.2) is 49.1 Å². The number of hydrogen-bond acceptors (Lipinski definition) is 18. The maximum Gasteiger partial charge on any atom is 0.358 e. The Hall–Kier alpha value is -7.72. The zero-order valence-corrected chi connectivity index (χ0v) is 43.0. The van der Waals surface area contributed by atoms with Crippen LogP contribution in [0.5, 0.6) is 0 Å². The first-order valence-electron chi connectivity index (χ1n) is 26.1. The van der Waals surface area contributed by atoms with E-state index in [1.807, 2.05) is 36.4 Å². The van der Waals surface area contributed by atoms with Crippen LogP contribution in [-0.4, -0.2) is 142 Å². The number of imidazole rings is 3. The van der Waals surface area contributed by atoms with E-state index in [4.69, 9.17) is 19.3 Å². The maximum atomic E-state index is 12.5. The van der Waals surface area contributed by atoms with Gasteiger partial charge in [0, 0.05) is 63.4 Å². The zero-order chi connectivity index (χ0) is 53.0. The number of hydrogen-bond donors (Lipinski definition) is 3. The van der Waals surface area contributed by atoms with Gasteiger partial charge >= 0.3 is 23.9 Å². The van der Waals surface area contributed by atoms with E-state index in [1.165, 1.54) is 31.8 Å². The van der Waals surface area contributed by atoms with Crippen molar-refractivity contribution in [3.8, 4) is 0 Å². The molecule has 3 aliphatic carbocycles. The number of fused-ring (bicyclic) bond motifs is 3. The minimum atomic E-state index is -1.05. The predicted octanol–water partition coefficient (Wildman–Crippen LogP) is 4.56. The van der Waals surface area contributed by atoms with Gasteiger partial charge in [-0.05, 0) is 105 Å². The van der Waals surface area contributed by atoms with Gasteiger partial charge in [-0.2, -0.15) is 0 Å². The average Bonchev–Trinajstić information content (AvgIpc) is 4.06. The molecule has 3 N–H and O–H groups in total. The van der Waals surface area contributed by atoms with Crippen LogP contribution in [0.25, 0.3) is 0 Å². The number of nitrogens with zero attached hydrogens (tertiary/aromatic N) is 12. The van der Waals surface area contributed by atoms with Gasteiger partial charge in [-0.3, -0.25) is 0 Å². The van der Waals surface area contributed by atoms with Gasteiger partial charge < -0.3 is 57.9 Å². The quantitative estimate of drug-likeness (QED) is 0.0787. The number of aromatic carboxylic acids is 1. The van der Waals surface area contributed by atoms with Gasteiger partial charge in [-0.15, -0.1) is 0 Å². The SMILES string of the molecule is CCOC(=O)c1cn(Cc2ccc(N3CC4CC4C3)nc2C(=O)OCC)cn1.CCOC(=O)c1cn(Cc2ccc(N3CC4CC4C3)nc2CO)cn1.O=C(O)c1cn(Cc2ccc(N3CC4CC4C3)nc2CO)cn1. The second-order valence-corrected chi connectivity index (χ2v) is 20.3. The third-order valence-corrected chi connectivity index (χ3v) is 14.9. The third kappa shape index (κ3) is 12.0. The van der Waals surface area contributed by atoms with E-state index in [9.17, 15) is 29.4 Å². The van der Waals surface area contributed by atoms with Crippen molar-refractivity contribution in [3.05, 3.63) is 125 Å². The second-order valence-electron chi connectivity index (χ2n) is 20.3. The molecule has 6 fully saturated rings. The lowest BCUT2D eigenvalue weighted by Gasteiger charge is -2.20. The number of carbonyl (C=O) groups excluding carboxylic acids is 3. The summed E-state index contributed by atoms with van der Waals surface area (Å²) in [6, 6.07) is 11.8. The summed E-state index contributed by atoms with van der Waals surface area (Å²) in [7, 11) is 0. The number of aromatic nitrogens is 9. The highest BCUT2D eigenvalue weighted by molar-refractivity contribution is 5.90. The van der Waals surface area contributed by atoms with Crippen molar-refractivity contribution in [2.24, 2.45) is 35.5 Å². The van der Waals surface area contributed by atoms with Gasteiger partial charge in [0.15, 0.2) is 22.8 Å². The van der Waals surface area contributed by atoms with E-state index < -0.39 is 23.9 Å². The smallest absolute Gasteiger partial charge is 0.358 e. The second kappa shape index (κ2) is 22.6. The van der Waals surface area contributed by atoms with E-state index in [1.54, 1.807) is 59.5 Å². The molecule has 0 bridgehead atoms. The highest BCUT2D eigenvalue weighted by Crippen LogP contribution is 2.47. The van der Waals surface area contributed by atoms with Crippen LogP contribution < -0.4 is 14.7 Å². The Morgan fingerprint density at radius 1 is 0.487 bits per heavy atom. The minimum absolute atomic E-state index is 0.0106. The Kier molecular flexibility index (Phi) is 15.4. The van der Waals surface area contributed by atoms with Crippen LogP contribution in [0, 0.1) is 35.5 Å². The first-order chi connectivity index (χ1) is 36.9. The first kappa shape index (κ1) is 51.8. The highest BCUT2D eigenvalue weighted by Gasteiger charge is 2.47. The molecule has 0 aromatic carbocycles. The van der Waals surface area contributed by atoms with Crippen LogP contribution in [0.4, 0.5) is 17.5 Å². The van der Waals surface area contributed by atoms with E-state index in [2.05, 4.69) is 44.6 Å². The van der Waals surface area contributed by atoms with Crippen molar-refractivity contribution in [1.82, 2.24) is 43.6 Å². The molecular weight excluding hydrogens is 977 g/mol. The molecule has 9 heterocycles. The number of esters is 3. The zero-order valence-electron chi connectivity index (χ0n) is 43.0. The number of carboxylic acid groups (broad SMARTS) is 1. The van der Waals surface area contributed by atoms with Crippen molar-refractivity contribution in [2.45, 2.75) is 72.9 Å². The molecule has 3 saturated carbocycles. The Morgan fingerprint density at radius 2 is 0.829 bits per heavy atom. The molecule has 0 radical (unpaired) electrons. The van der Waals surface area contributed by atoms with E-state index >= 15 is 0 Å². The first-order valence-corrected chi connectivity index (χ1v) is 26.1. The van der Waals surface area contributed by atoms with Crippen molar-refractivity contribution < 1.29 is 48.7 Å². The molecular formula is C54H64N12O10. The molecule has 0 spiro atoms. The molecule has 400 valence electrons. The molecule has 0 amide bonds. The number of piperidine rings is 3. The summed E-state index contributed by atoms with van der Waals surface area (Å²) in [6.45, 7) is 13.5. The summed E-state index contributed by atoms with van der Waals surface area (Å²) in [5.74, 6) is 5.19. The molecule has 76 heavy (non-hydrogen) atoms. The number of aliphatic hydroxyl groups is 2. The average molecular weight is 1040 g/mol. The van der Waals surface area contributed by atoms with E-state index in [0.717, 1.165) is 109 Å². The van der Waals surface area contributed by atoms with E-state index in [0.29, 0.717) is 49.9 Å². The lowest BCUT2D eigenvalue weighted by molar-refractivity contribution is 0.0508. The van der Waals surface area contributed by atoms with Crippen LogP contribution >= 0.6 is 0 Å². The largest absolute Gasteiger partial charge is 0.476 e. The maximum absolute atomic E-state index is 12.5. The summed E-state index contributed by atoms with van der Waals surface area (Å²) < 4.78 is 20.3. The van der Waals surface area contributed by atoms with Gasteiger partial charge in [0.05, 0.1) is 83.0 Å². The third-order valence-electron chi connectivity index (χ3n) is 14.9. The molecule has 6 atom stereocenters. The standard InChI is InChI=1S/C20H24N4O4.C18H22N4O3.C16H18N4O3/c1-3-27-19(25)16-11-23(12-21-16)8-13-5-6-17(22-18(13)20(26)28-4-2)24-9-14-7-15(14)10-24;1-2-25-18(24)15-9-21(11-19-15)6-12-3-4-17(20-16(12)10-23)22-7-13-5-14(13)8-22;21-8-14-10(4-19-7-13(16(22)23)17-9-19)1-2-15(18-14)20-5-11-3-12(11)6-20/h5-6,11-12,14-15H,3-4,7-10H2,1-2H3;3-4,9,11,13-14,23H,2,5-8,10H2,1H3;1-2,7,9,11-12,21H,3-6,8H2,(H,22,23). The molecule has 3 saturated heterocycles. The lowest BCUT2D eigenvalue weighted by atomic mass is 10.1. The number of carboxylic acids is 1. The van der Waals surface area contributed by atoms with Crippen LogP contribution in [0.15, 0.2) is 74.0 Å². The summed E-state index contributed by atoms with van der Waals surface area (Å²) in [5, 5.41) is 28.2. The summed E-state index contributed by atoms with van der Waals surface area (Å²) in [4.78, 5) is 79.5. The summed E-state index contributed by atoms with van der Waals surface area (Å²) in [6.07, 6.45) is 13.4. The summed E-state index contributed by atoms with van der Waals surface area (Å²) >= 11 is 0. The van der Waals surface area contributed by atoms with Crippen LogP contribution in [0.1, 0.15) is 110 Å². The van der Waals surface area contributed by atoms with Crippen LogP contribution in [0.3, 0.4) is 0 Å². The fourth-order valence-electron chi connectivity index (χ4n) is 10.5. The Bertz CT molecular complexity index is 3050.